The molecule has 6 N–H and O–H groups in total. The van der Waals surface area contributed by atoms with Crippen molar-refractivity contribution in [2.75, 3.05) is 0 Å². The summed E-state index contributed by atoms with van der Waals surface area (Å²) in [4.78, 5) is 0. The summed E-state index contributed by atoms with van der Waals surface area (Å²) in [6.45, 7) is 1.38. The average molecular weight is 166 g/mol. The molecule has 0 saturated heterocycles. The van der Waals surface area contributed by atoms with Crippen molar-refractivity contribution < 1.29 is 0 Å². The average Bonchev–Trinajstić information content (AvgIpc) is 2.09. The fraction of sp³-hybridized carbons (Fsp3) is 0.250. The van der Waals surface area contributed by atoms with Gasteiger partial charge >= 0.3 is 0 Å². The highest BCUT2D eigenvalue weighted by Crippen LogP contribution is 2.02. The van der Waals surface area contributed by atoms with Crippen LogP contribution in [0.5, 0.6) is 0 Å². The fourth-order valence-corrected chi connectivity index (χ4v) is 1.01. The van der Waals surface area contributed by atoms with Crippen LogP contribution in [-0.2, 0) is 13.1 Å². The maximum absolute atomic E-state index is 5.17. The number of hydrogen-bond donors (Lipinski definition) is 4. The van der Waals surface area contributed by atoms with Crippen molar-refractivity contribution in [3.05, 3.63) is 35.4 Å². The lowest BCUT2D eigenvalue weighted by Crippen LogP contribution is -2.21. The van der Waals surface area contributed by atoms with E-state index in [0.29, 0.717) is 13.1 Å². The molecule has 0 spiro atoms. The molecule has 1 aromatic rings. The lowest BCUT2D eigenvalue weighted by atomic mass is 10.1. The third kappa shape index (κ3) is 2.60. The lowest BCUT2D eigenvalue weighted by molar-refractivity contribution is 0.731. The number of nitrogens with two attached hydrogens (primary N) is 2. The summed E-state index contributed by atoms with van der Waals surface area (Å²) in [6.07, 6.45) is 0. The summed E-state index contributed by atoms with van der Waals surface area (Å²) in [6, 6.07) is 8.08. The van der Waals surface area contributed by atoms with Gasteiger partial charge in [0, 0.05) is 13.1 Å². The van der Waals surface area contributed by atoms with Crippen molar-refractivity contribution in [1.82, 2.24) is 10.9 Å². The van der Waals surface area contributed by atoms with Gasteiger partial charge in [0.15, 0.2) is 0 Å². The van der Waals surface area contributed by atoms with E-state index in [-0.39, 0.29) is 0 Å². The van der Waals surface area contributed by atoms with E-state index >= 15 is 0 Å². The van der Waals surface area contributed by atoms with E-state index in [1.54, 1.807) is 0 Å². The van der Waals surface area contributed by atoms with Gasteiger partial charge in [0.1, 0.15) is 0 Å². The third-order valence-corrected chi connectivity index (χ3v) is 1.64. The number of hydrogen-bond acceptors (Lipinski definition) is 4. The SMILES string of the molecule is NNCc1ccc(CNN)cc1. The molecule has 0 atom stereocenters. The smallest absolute Gasteiger partial charge is 0.0348 e. The molecule has 0 aliphatic rings. The maximum Gasteiger partial charge on any atom is 0.0348 e. The minimum atomic E-state index is 0.691. The van der Waals surface area contributed by atoms with Crippen molar-refractivity contribution in [3.8, 4) is 0 Å². The zero-order valence-electron chi connectivity index (χ0n) is 6.88. The van der Waals surface area contributed by atoms with Crippen molar-refractivity contribution >= 4 is 0 Å². The molecule has 0 aromatic heterocycles. The van der Waals surface area contributed by atoms with E-state index in [1.807, 2.05) is 24.3 Å². The molecule has 0 unspecified atom stereocenters. The van der Waals surface area contributed by atoms with Crippen molar-refractivity contribution in [1.29, 1.82) is 0 Å². The molecule has 4 heteroatoms. The predicted molar refractivity (Wildman–Crippen MR) is 48.5 cm³/mol. The summed E-state index contributed by atoms with van der Waals surface area (Å²) >= 11 is 0. The summed E-state index contributed by atoms with van der Waals surface area (Å²) in [5, 5.41) is 0. The van der Waals surface area contributed by atoms with Crippen LogP contribution in [0.2, 0.25) is 0 Å². The summed E-state index contributed by atoms with van der Waals surface area (Å²) in [5.74, 6) is 10.3. The van der Waals surface area contributed by atoms with Gasteiger partial charge in [-0.15, -0.1) is 0 Å². The molecule has 0 radical (unpaired) electrons. The number of nitrogens with one attached hydrogen (secondary N) is 2. The molecule has 1 aromatic carbocycles. The van der Waals surface area contributed by atoms with Crippen LogP contribution >= 0.6 is 0 Å². The highest BCUT2D eigenvalue weighted by molar-refractivity contribution is 5.22. The summed E-state index contributed by atoms with van der Waals surface area (Å²) in [5.41, 5.74) is 7.52. The zero-order valence-corrected chi connectivity index (χ0v) is 6.88. The van der Waals surface area contributed by atoms with E-state index in [9.17, 15) is 0 Å². The Bertz CT molecular complexity index is 194. The zero-order chi connectivity index (χ0) is 8.81. The quantitative estimate of drug-likeness (QED) is 0.363. The minimum absolute atomic E-state index is 0.691. The molecule has 0 aliphatic carbocycles. The highest BCUT2D eigenvalue weighted by Gasteiger charge is 1.91. The van der Waals surface area contributed by atoms with Crippen LogP contribution in [0.4, 0.5) is 0 Å². The van der Waals surface area contributed by atoms with Crippen molar-refractivity contribution in [2.45, 2.75) is 13.1 Å². The fourth-order valence-electron chi connectivity index (χ4n) is 1.01. The van der Waals surface area contributed by atoms with Gasteiger partial charge in [0.2, 0.25) is 0 Å². The lowest BCUT2D eigenvalue weighted by Gasteiger charge is -2.02. The number of hydrazine groups is 2. The van der Waals surface area contributed by atoms with Gasteiger partial charge < -0.3 is 0 Å². The highest BCUT2D eigenvalue weighted by atomic mass is 15.2. The monoisotopic (exact) mass is 166 g/mol. The third-order valence-electron chi connectivity index (χ3n) is 1.64. The Labute approximate surface area is 71.9 Å². The van der Waals surface area contributed by atoms with E-state index in [2.05, 4.69) is 10.9 Å². The molecule has 0 fully saturated rings. The molecule has 0 amide bonds. The van der Waals surface area contributed by atoms with Crippen LogP contribution in [0, 0.1) is 0 Å². The standard InChI is InChI=1S/C8H14N4/c9-11-5-7-1-2-8(4-3-7)6-12-10/h1-4,11-12H,5-6,9-10H2. The Kier molecular flexibility index (Phi) is 3.69. The van der Waals surface area contributed by atoms with Gasteiger partial charge in [-0.05, 0) is 11.1 Å². The maximum atomic E-state index is 5.17. The Balaban J connectivity index is 2.58. The first-order valence-corrected chi connectivity index (χ1v) is 3.81. The Hall–Kier alpha value is -0.940. The van der Waals surface area contributed by atoms with E-state index in [4.69, 9.17) is 11.7 Å². The Morgan fingerprint density at radius 3 is 1.42 bits per heavy atom. The summed E-state index contributed by atoms with van der Waals surface area (Å²) < 4.78 is 0. The molecule has 0 heterocycles. The largest absolute Gasteiger partial charge is 0.271 e. The first-order chi connectivity index (χ1) is 5.86. The van der Waals surface area contributed by atoms with Crippen LogP contribution < -0.4 is 22.5 Å². The number of benzene rings is 1. The normalized spacial score (nSPS) is 10.2. The van der Waals surface area contributed by atoms with Crippen LogP contribution in [0.25, 0.3) is 0 Å². The van der Waals surface area contributed by atoms with Crippen molar-refractivity contribution in [2.24, 2.45) is 11.7 Å². The van der Waals surface area contributed by atoms with Crippen LogP contribution in [0.3, 0.4) is 0 Å². The molecule has 4 nitrogen and oxygen atoms in total. The van der Waals surface area contributed by atoms with Gasteiger partial charge in [-0.25, -0.2) is 0 Å². The Morgan fingerprint density at radius 1 is 0.833 bits per heavy atom. The molecule has 0 saturated carbocycles. The van der Waals surface area contributed by atoms with Gasteiger partial charge in [-0.1, -0.05) is 24.3 Å². The first-order valence-electron chi connectivity index (χ1n) is 3.81. The van der Waals surface area contributed by atoms with Crippen molar-refractivity contribution in [3.63, 3.8) is 0 Å². The van der Waals surface area contributed by atoms with Crippen LogP contribution in [0.15, 0.2) is 24.3 Å². The molecule has 1 rings (SSSR count). The van der Waals surface area contributed by atoms with E-state index < -0.39 is 0 Å². The van der Waals surface area contributed by atoms with Gasteiger partial charge in [-0.3, -0.25) is 22.5 Å². The molecular formula is C8H14N4. The van der Waals surface area contributed by atoms with E-state index in [0.717, 1.165) is 0 Å². The minimum Gasteiger partial charge on any atom is -0.271 e. The summed E-state index contributed by atoms with van der Waals surface area (Å²) in [7, 11) is 0. The van der Waals surface area contributed by atoms with Gasteiger partial charge in [-0.2, -0.15) is 0 Å². The van der Waals surface area contributed by atoms with Crippen LogP contribution in [0.1, 0.15) is 11.1 Å². The molecule has 0 aliphatic heterocycles. The van der Waals surface area contributed by atoms with Gasteiger partial charge in [0.25, 0.3) is 0 Å². The molecule has 66 valence electrons. The Morgan fingerprint density at radius 2 is 1.17 bits per heavy atom. The molecular weight excluding hydrogens is 152 g/mol. The first kappa shape index (κ1) is 9.15. The van der Waals surface area contributed by atoms with E-state index in [1.165, 1.54) is 11.1 Å². The second-order valence-corrected chi connectivity index (χ2v) is 2.58. The topological polar surface area (TPSA) is 76.1 Å². The second-order valence-electron chi connectivity index (χ2n) is 2.58. The van der Waals surface area contributed by atoms with Crippen LogP contribution in [-0.4, -0.2) is 0 Å². The molecule has 12 heavy (non-hydrogen) atoms. The van der Waals surface area contributed by atoms with Gasteiger partial charge in [0.05, 0.1) is 0 Å². The second kappa shape index (κ2) is 4.84. The predicted octanol–water partition coefficient (Wildman–Crippen LogP) is -0.387. The number of rotatable bonds is 4. The molecule has 0 bridgehead atoms.